The molecule has 90 heavy (non-hydrogen) atoms. The van der Waals surface area contributed by atoms with E-state index in [0.717, 1.165) is 30.0 Å². The third-order valence-corrected chi connectivity index (χ3v) is 14.0. The van der Waals surface area contributed by atoms with Gasteiger partial charge in [-0.25, -0.2) is 14.6 Å². The maximum atomic E-state index is 14.1. The number of phenolic OH excluding ortho intramolecular Hbond substituents is 1. The van der Waals surface area contributed by atoms with Gasteiger partial charge >= 0.3 is 6.03 Å². The number of unbranched alkanes of at least 4 members (excludes halogenated alkanes) is 1. The number of amides is 12. The van der Waals surface area contributed by atoms with E-state index in [1.165, 1.54) is 50.4 Å². The van der Waals surface area contributed by atoms with E-state index in [1.807, 2.05) is 24.3 Å². The number of halogens is 1. The minimum Gasteiger partial charge on any atom is -0.508 e. The molecule has 0 aliphatic heterocycles. The van der Waals surface area contributed by atoms with Crippen LogP contribution in [0.1, 0.15) is 89.3 Å². The van der Waals surface area contributed by atoms with E-state index in [9.17, 15) is 67.3 Å². The highest BCUT2D eigenvalue weighted by Gasteiger charge is 2.36. The quantitative estimate of drug-likeness (QED) is 0.00971. The summed E-state index contributed by atoms with van der Waals surface area (Å²) in [5.74, 6) is -10.3. The third-order valence-electron chi connectivity index (χ3n) is 14.0. The van der Waals surface area contributed by atoms with Gasteiger partial charge in [-0.1, -0.05) is 56.3 Å². The summed E-state index contributed by atoms with van der Waals surface area (Å²) >= 11 is 0. The van der Waals surface area contributed by atoms with Crippen molar-refractivity contribution in [3.05, 3.63) is 102 Å². The molecule has 1 heterocycles. The van der Waals surface area contributed by atoms with Crippen LogP contribution in [-0.4, -0.2) is 161 Å². The summed E-state index contributed by atoms with van der Waals surface area (Å²) in [5, 5.41) is 44.2. The maximum absolute atomic E-state index is 14.1. The van der Waals surface area contributed by atoms with Crippen molar-refractivity contribution in [1.82, 2.24) is 63.7 Å². The topological polar surface area (TPSA) is 493 Å². The van der Waals surface area contributed by atoms with Crippen molar-refractivity contribution in [3.63, 3.8) is 0 Å². The number of aromatic hydroxyl groups is 1. The lowest BCUT2D eigenvalue weighted by Gasteiger charge is -2.28. The highest BCUT2D eigenvalue weighted by Crippen LogP contribution is 2.20. The molecule has 1 aromatic heterocycles. The number of carbonyl (C=O) groups is 11. The monoisotopic (exact) mass is 1260 g/mol. The number of guanidine groups is 1. The first kappa shape index (κ1) is 72.6. The van der Waals surface area contributed by atoms with Crippen molar-refractivity contribution in [3.8, 4) is 5.75 Å². The molecule has 4 rings (SSSR count). The van der Waals surface area contributed by atoms with Gasteiger partial charge < -0.3 is 86.0 Å². The van der Waals surface area contributed by atoms with E-state index in [0.29, 0.717) is 17.5 Å². The molecule has 0 spiro atoms. The Balaban J connectivity index is 1.51. The Kier molecular flexibility index (Phi) is 29.4. The fraction of sp³-hybridized carbons (Fsp3) is 0.458. The smallest absolute Gasteiger partial charge is 0.334 e. The molecule has 0 unspecified atom stereocenters. The van der Waals surface area contributed by atoms with Crippen LogP contribution in [0.2, 0.25) is 0 Å². The fourth-order valence-electron chi connectivity index (χ4n) is 9.29. The molecule has 0 saturated heterocycles. The normalized spacial score (nSPS) is 14.3. The minimum atomic E-state index is -1.94. The van der Waals surface area contributed by atoms with Crippen LogP contribution in [0, 0.1) is 11.7 Å². The zero-order valence-corrected chi connectivity index (χ0v) is 50.8. The number of aliphatic hydroxyl groups excluding tert-OH is 1. The number of H-pyrrole nitrogens is 1. The minimum absolute atomic E-state index is 0.00525. The number of hydrogen-bond acceptors (Lipinski definition) is 15. The van der Waals surface area contributed by atoms with Crippen molar-refractivity contribution in [2.45, 2.75) is 146 Å². The summed E-state index contributed by atoms with van der Waals surface area (Å²) in [6.07, 6.45) is -0.526. The van der Waals surface area contributed by atoms with Crippen LogP contribution in [-0.2, 0) is 67.2 Å². The molecule has 12 amide bonds. The molecular weight excluding hydrogens is 1170 g/mol. The second-order valence-corrected chi connectivity index (χ2v) is 21.9. The van der Waals surface area contributed by atoms with Gasteiger partial charge in [0, 0.05) is 56.9 Å². The van der Waals surface area contributed by atoms with Crippen LogP contribution in [0.4, 0.5) is 9.18 Å². The van der Waals surface area contributed by atoms with Gasteiger partial charge in [-0.05, 0) is 105 Å². The number of para-hydroxylation sites is 1. The number of carbonyl (C=O) groups excluding carboxylic acids is 11. The fourth-order valence-corrected chi connectivity index (χ4v) is 9.29. The van der Waals surface area contributed by atoms with Gasteiger partial charge in [0.2, 0.25) is 53.2 Å². The first-order chi connectivity index (χ1) is 42.7. The van der Waals surface area contributed by atoms with Crippen molar-refractivity contribution in [2.24, 2.45) is 33.8 Å². The van der Waals surface area contributed by atoms with Crippen molar-refractivity contribution in [2.75, 3.05) is 20.1 Å². The van der Waals surface area contributed by atoms with Crippen LogP contribution in [0.3, 0.4) is 0 Å². The number of aliphatic hydroxyl groups is 1. The molecule has 3 aromatic carbocycles. The predicted octanol–water partition coefficient (Wildman–Crippen LogP) is -2.62. The van der Waals surface area contributed by atoms with Crippen molar-refractivity contribution < 1.29 is 67.3 Å². The van der Waals surface area contributed by atoms with Crippen molar-refractivity contribution >= 4 is 82.0 Å². The molecule has 0 aliphatic rings. The number of aromatic nitrogens is 1. The number of fused-ring (bicyclic) bond motifs is 1. The highest BCUT2D eigenvalue weighted by atomic mass is 19.1. The first-order valence-corrected chi connectivity index (χ1v) is 29.1. The van der Waals surface area contributed by atoms with Crippen molar-refractivity contribution in [1.29, 1.82) is 0 Å². The van der Waals surface area contributed by atoms with Crippen LogP contribution in [0.5, 0.6) is 5.75 Å². The largest absolute Gasteiger partial charge is 0.508 e. The Morgan fingerprint density at radius 2 is 1.12 bits per heavy atom. The lowest BCUT2D eigenvalue weighted by Crippen LogP contribution is -2.62. The summed E-state index contributed by atoms with van der Waals surface area (Å²) in [7, 11) is 1.47. The van der Waals surface area contributed by atoms with E-state index in [-0.39, 0.29) is 81.2 Å². The molecule has 0 saturated carbocycles. The lowest BCUT2D eigenvalue weighted by molar-refractivity contribution is -0.137. The van der Waals surface area contributed by atoms with E-state index in [4.69, 9.17) is 22.9 Å². The van der Waals surface area contributed by atoms with Gasteiger partial charge in [0.05, 0.1) is 12.5 Å². The van der Waals surface area contributed by atoms with Gasteiger partial charge in [0.15, 0.2) is 5.96 Å². The molecule has 0 bridgehead atoms. The Labute approximate surface area is 518 Å². The zero-order chi connectivity index (χ0) is 66.6. The van der Waals surface area contributed by atoms with Crippen LogP contribution in [0.15, 0.2) is 84.0 Å². The zero-order valence-electron chi connectivity index (χ0n) is 50.8. The lowest BCUT2D eigenvalue weighted by atomic mass is 10.0. The number of urea groups is 1. The molecular formula is C59H84FN17O13. The summed E-state index contributed by atoms with van der Waals surface area (Å²) in [6.45, 7) is 6.20. The van der Waals surface area contributed by atoms with Gasteiger partial charge in [-0.3, -0.25) is 58.4 Å². The highest BCUT2D eigenvalue weighted by molar-refractivity contribution is 5.99. The number of primary amides is 2. The number of rotatable bonds is 35. The molecule has 9 atom stereocenters. The van der Waals surface area contributed by atoms with Crippen LogP contribution >= 0.6 is 0 Å². The molecule has 0 radical (unpaired) electrons. The van der Waals surface area contributed by atoms with Gasteiger partial charge in [0.25, 0.3) is 5.91 Å². The Morgan fingerprint density at radius 3 is 1.69 bits per heavy atom. The molecule has 22 N–H and O–H groups in total. The number of aromatic amines is 1. The van der Waals surface area contributed by atoms with E-state index >= 15 is 0 Å². The number of aliphatic imine (C=N–C) groups is 1. The first-order valence-electron chi connectivity index (χ1n) is 29.1. The van der Waals surface area contributed by atoms with Gasteiger partial charge in [0.1, 0.15) is 59.9 Å². The molecule has 4 aromatic rings. The molecule has 490 valence electrons. The molecule has 30 nitrogen and oxygen atoms in total. The number of nitrogens with one attached hydrogen (secondary N) is 12. The van der Waals surface area contributed by atoms with Crippen LogP contribution < -0.4 is 81.6 Å². The molecule has 0 aliphatic carbocycles. The van der Waals surface area contributed by atoms with E-state index in [2.05, 4.69) is 68.7 Å². The number of nitrogens with zero attached hydrogens (tertiary/aromatic N) is 1. The standard InChI is InChI=1S/C59H84FN17O13/c1-31(2)25-44(53(85)70-42(14-10-24-66-58(64)65-5)51(83)71-43(50(63)82)28-36-30-67-40-12-7-6-11-39(36)40)74-59(90)77-76-56(88)46(27-34-15-19-37(60)20-16-34)73-57(89)49(32(3)78)75-55(87)47(29-48(62)81)72-52(84)41(13-8-9-23-61)69-54(86)45(68-33(4)79)26-35-17-21-38(80)22-18-35/h6-7,11-12,15-22,30-32,41-47,49,67,78,80H,8-10,13-14,23-29,61H2,1-5H3,(H2,62,81)(H2,63,82)(H,68,79)(H,69,86)(H,70,85)(H,71,83)(H,72,84)(H,73,89)(H,75,87)(H,76,88)(H3,64,65,66)(H2,74,77,90)/t32-,41+,42+,43+,44+,45-,46+,47+,49+/m1/s1. The average molecular weight is 1260 g/mol. The predicted molar refractivity (Wildman–Crippen MR) is 329 cm³/mol. The summed E-state index contributed by atoms with van der Waals surface area (Å²) in [6, 6.07) is 4.72. The SMILES string of the molecule is CN=C(N)NCCC[C@H](NC(=O)[C@H](CC(C)C)NC(=O)NNC(=O)[C@H](Cc1ccc(F)cc1)NC(=O)[C@@H](NC(=O)[C@H](CC(N)=O)NC(=O)[C@H](CCCCN)NC(=O)[C@@H](Cc1ccc(O)cc1)NC(C)=O)[C@@H](C)O)C(=O)N[C@@H](Cc1c[nH]c2ccccc12)C(N)=O. The number of phenols is 1. The molecule has 31 heteroatoms. The summed E-state index contributed by atoms with van der Waals surface area (Å²) in [4.78, 5) is 156. The second kappa shape index (κ2) is 36.4. The van der Waals surface area contributed by atoms with E-state index < -0.39 is 138 Å². The molecule has 0 fully saturated rings. The summed E-state index contributed by atoms with van der Waals surface area (Å²) < 4.78 is 14.1. The van der Waals surface area contributed by atoms with Gasteiger partial charge in [-0.15, -0.1) is 0 Å². The number of benzene rings is 3. The third kappa shape index (κ3) is 24.7. The van der Waals surface area contributed by atoms with Gasteiger partial charge in [-0.2, -0.15) is 0 Å². The number of nitrogens with two attached hydrogens (primary N) is 4. The average Bonchev–Trinajstić information content (AvgIpc) is 1.87. The Bertz CT molecular complexity index is 3140. The maximum Gasteiger partial charge on any atom is 0.334 e. The van der Waals surface area contributed by atoms with Crippen LogP contribution in [0.25, 0.3) is 10.9 Å². The second-order valence-electron chi connectivity index (χ2n) is 21.9. The van der Waals surface area contributed by atoms with E-state index in [1.54, 1.807) is 20.0 Å². The Hall–Kier alpha value is -9.91. The number of hydrogen-bond donors (Lipinski definition) is 18. The summed E-state index contributed by atoms with van der Waals surface area (Å²) in [5.41, 5.74) is 29.3. The number of hydrazine groups is 1. The Morgan fingerprint density at radius 1 is 0.589 bits per heavy atom.